The van der Waals surface area contributed by atoms with Gasteiger partial charge in [0.2, 0.25) is 0 Å². The van der Waals surface area contributed by atoms with Gasteiger partial charge < -0.3 is 4.90 Å². The second-order valence-corrected chi connectivity index (χ2v) is 18.6. The van der Waals surface area contributed by atoms with Gasteiger partial charge >= 0.3 is 0 Å². The molecule has 13 aromatic rings. The summed E-state index contributed by atoms with van der Waals surface area (Å²) in [5.74, 6) is 0. The van der Waals surface area contributed by atoms with Gasteiger partial charge in [0.05, 0.1) is 0 Å². The molecular formula is C66H43NS. The fourth-order valence-electron chi connectivity index (χ4n) is 10.5. The summed E-state index contributed by atoms with van der Waals surface area (Å²) in [7, 11) is 0. The fourth-order valence-corrected chi connectivity index (χ4v) is 11.7. The van der Waals surface area contributed by atoms with Crippen LogP contribution in [0.3, 0.4) is 0 Å². The lowest BCUT2D eigenvalue weighted by atomic mass is 9.84. The average molecular weight is 882 g/mol. The van der Waals surface area contributed by atoms with Gasteiger partial charge in [-0.2, -0.15) is 0 Å². The van der Waals surface area contributed by atoms with E-state index in [1.54, 1.807) is 0 Å². The van der Waals surface area contributed by atoms with Crippen LogP contribution in [0.1, 0.15) is 0 Å². The zero-order valence-electron chi connectivity index (χ0n) is 37.2. The minimum atomic E-state index is 1.09. The van der Waals surface area contributed by atoms with Gasteiger partial charge in [0.15, 0.2) is 0 Å². The Morgan fingerprint density at radius 2 is 0.765 bits per heavy atom. The molecule has 12 aromatic carbocycles. The average Bonchev–Trinajstić information content (AvgIpc) is 3.80. The van der Waals surface area contributed by atoms with Crippen molar-refractivity contribution in [3.8, 4) is 55.6 Å². The van der Waals surface area contributed by atoms with Crippen LogP contribution >= 0.6 is 11.3 Å². The minimum Gasteiger partial charge on any atom is -0.310 e. The molecule has 0 amide bonds. The van der Waals surface area contributed by atoms with Gasteiger partial charge in [0, 0.05) is 37.2 Å². The van der Waals surface area contributed by atoms with Gasteiger partial charge in [-0.15, -0.1) is 11.3 Å². The lowest BCUT2D eigenvalue weighted by molar-refractivity contribution is 1.28. The van der Waals surface area contributed by atoms with Crippen molar-refractivity contribution < 1.29 is 0 Å². The SMILES string of the molecule is c1ccc(-c2c(-c3ccccc3)c3cc(-c4ccc(N(c5ccc(-c6cccc7ccccc67)cc5)c5cccc(-c6cccc7c6sc6ccccc67)c5)cc4)ccc3c3ccccc23)cc1. The summed E-state index contributed by atoms with van der Waals surface area (Å²) in [6.07, 6.45) is 0. The molecule has 1 heterocycles. The molecule has 0 saturated carbocycles. The summed E-state index contributed by atoms with van der Waals surface area (Å²) in [5.41, 5.74) is 15.5. The number of nitrogens with zero attached hydrogens (tertiary/aromatic N) is 1. The Labute approximate surface area is 400 Å². The van der Waals surface area contributed by atoms with Crippen molar-refractivity contribution in [1.82, 2.24) is 0 Å². The predicted molar refractivity (Wildman–Crippen MR) is 294 cm³/mol. The number of anilines is 3. The van der Waals surface area contributed by atoms with Crippen molar-refractivity contribution in [3.63, 3.8) is 0 Å². The molecule has 1 nitrogen and oxygen atoms in total. The molecular weight excluding hydrogens is 839 g/mol. The van der Waals surface area contributed by atoms with Crippen LogP contribution < -0.4 is 4.90 Å². The van der Waals surface area contributed by atoms with E-state index in [4.69, 9.17) is 0 Å². The second kappa shape index (κ2) is 16.7. The first-order valence-electron chi connectivity index (χ1n) is 23.3. The summed E-state index contributed by atoms with van der Waals surface area (Å²) in [6.45, 7) is 0. The Balaban J connectivity index is 0.950. The topological polar surface area (TPSA) is 3.24 Å². The smallest absolute Gasteiger partial charge is 0.0467 e. The van der Waals surface area contributed by atoms with Crippen LogP contribution in [0.15, 0.2) is 261 Å². The molecule has 0 atom stereocenters. The number of thiophene rings is 1. The maximum Gasteiger partial charge on any atom is 0.0467 e. The van der Waals surface area contributed by atoms with E-state index in [1.807, 2.05) is 11.3 Å². The van der Waals surface area contributed by atoms with Crippen LogP contribution in [0.4, 0.5) is 17.1 Å². The van der Waals surface area contributed by atoms with Crippen molar-refractivity contribution in [1.29, 1.82) is 0 Å². The summed E-state index contributed by atoms with van der Waals surface area (Å²) in [4.78, 5) is 2.40. The van der Waals surface area contributed by atoms with E-state index >= 15 is 0 Å². The van der Waals surface area contributed by atoms with E-state index in [-0.39, 0.29) is 0 Å². The van der Waals surface area contributed by atoms with E-state index in [9.17, 15) is 0 Å². The number of hydrogen-bond donors (Lipinski definition) is 0. The van der Waals surface area contributed by atoms with Gasteiger partial charge in [-0.05, 0) is 136 Å². The molecule has 0 saturated heterocycles. The van der Waals surface area contributed by atoms with Gasteiger partial charge in [-0.3, -0.25) is 0 Å². The Kier molecular flexibility index (Phi) is 9.77. The van der Waals surface area contributed by atoms with Gasteiger partial charge in [-0.25, -0.2) is 0 Å². The normalized spacial score (nSPS) is 11.5. The first-order chi connectivity index (χ1) is 33.7. The Bertz CT molecular complexity index is 3990. The number of fused-ring (bicyclic) bond motifs is 7. The zero-order chi connectivity index (χ0) is 45.0. The van der Waals surface area contributed by atoms with E-state index in [1.165, 1.54) is 108 Å². The summed E-state index contributed by atoms with van der Waals surface area (Å²) in [6, 6.07) is 95.7. The molecule has 0 aliphatic rings. The predicted octanol–water partition coefficient (Wildman–Crippen LogP) is 19.3. The van der Waals surface area contributed by atoms with Crippen LogP contribution in [0.25, 0.3) is 108 Å². The van der Waals surface area contributed by atoms with Gasteiger partial charge in [-0.1, -0.05) is 212 Å². The highest BCUT2D eigenvalue weighted by molar-refractivity contribution is 7.26. The van der Waals surface area contributed by atoms with E-state index in [2.05, 4.69) is 266 Å². The van der Waals surface area contributed by atoms with E-state index in [0.29, 0.717) is 0 Å². The maximum absolute atomic E-state index is 2.41. The lowest BCUT2D eigenvalue weighted by Gasteiger charge is -2.26. The summed E-state index contributed by atoms with van der Waals surface area (Å²) < 4.78 is 2.63. The lowest BCUT2D eigenvalue weighted by Crippen LogP contribution is -2.10. The quantitative estimate of drug-likeness (QED) is 0.137. The van der Waals surface area contributed by atoms with Crippen LogP contribution in [0, 0.1) is 0 Å². The molecule has 0 radical (unpaired) electrons. The van der Waals surface area contributed by atoms with E-state index < -0.39 is 0 Å². The highest BCUT2D eigenvalue weighted by atomic mass is 32.1. The molecule has 0 aliphatic carbocycles. The number of benzene rings is 12. The Hall–Kier alpha value is -8.56. The van der Waals surface area contributed by atoms with Crippen LogP contribution in [-0.4, -0.2) is 0 Å². The standard InChI is InChI=1S/C66H43NS/c1-3-17-47(18-4-1)64-60-27-10-9-25-57(60)58-41-36-49(43-62(58)65(64)48-19-5-2-6-20-48)44-32-37-51(38-33-44)67(52-39-34-46(35-40-52)55-28-14-21-45-16-7-8-24-54(45)55)53-23-13-22-50(42-53)56-29-15-30-61-59-26-11-12-31-63(59)68-66(56)61/h1-43H. The molecule has 0 fully saturated rings. The van der Waals surface area contributed by atoms with Crippen molar-refractivity contribution in [3.05, 3.63) is 261 Å². The summed E-state index contributed by atoms with van der Waals surface area (Å²) in [5, 5.41) is 10.1. The first kappa shape index (κ1) is 39.8. The van der Waals surface area contributed by atoms with Crippen LogP contribution in [0.5, 0.6) is 0 Å². The highest BCUT2D eigenvalue weighted by Crippen LogP contribution is 2.47. The zero-order valence-corrected chi connectivity index (χ0v) is 38.0. The summed E-state index contributed by atoms with van der Waals surface area (Å²) >= 11 is 1.88. The third kappa shape index (κ3) is 6.85. The van der Waals surface area contributed by atoms with Crippen molar-refractivity contribution in [2.75, 3.05) is 4.90 Å². The molecule has 13 rings (SSSR count). The molecule has 0 bridgehead atoms. The fraction of sp³-hybridized carbons (Fsp3) is 0. The molecule has 0 spiro atoms. The maximum atomic E-state index is 2.41. The molecule has 0 unspecified atom stereocenters. The highest BCUT2D eigenvalue weighted by Gasteiger charge is 2.20. The van der Waals surface area contributed by atoms with Crippen LogP contribution in [0.2, 0.25) is 0 Å². The monoisotopic (exact) mass is 881 g/mol. The Morgan fingerprint density at radius 3 is 1.51 bits per heavy atom. The van der Waals surface area contributed by atoms with Crippen molar-refractivity contribution in [2.45, 2.75) is 0 Å². The third-order valence-corrected chi connectivity index (χ3v) is 14.9. The van der Waals surface area contributed by atoms with Crippen molar-refractivity contribution in [2.24, 2.45) is 0 Å². The third-order valence-electron chi connectivity index (χ3n) is 13.7. The van der Waals surface area contributed by atoms with Gasteiger partial charge in [0.1, 0.15) is 0 Å². The molecule has 0 N–H and O–H groups in total. The van der Waals surface area contributed by atoms with Crippen molar-refractivity contribution >= 4 is 80.9 Å². The molecule has 0 aliphatic heterocycles. The number of rotatable bonds is 8. The minimum absolute atomic E-state index is 1.09. The Morgan fingerprint density at radius 1 is 0.250 bits per heavy atom. The largest absolute Gasteiger partial charge is 0.310 e. The molecule has 1 aromatic heterocycles. The van der Waals surface area contributed by atoms with Gasteiger partial charge in [0.25, 0.3) is 0 Å². The van der Waals surface area contributed by atoms with Crippen LogP contribution in [-0.2, 0) is 0 Å². The molecule has 2 heteroatoms. The molecule has 318 valence electrons. The van der Waals surface area contributed by atoms with E-state index in [0.717, 1.165) is 17.1 Å². The first-order valence-corrected chi connectivity index (χ1v) is 24.1. The number of hydrogen-bond acceptors (Lipinski definition) is 2. The molecule has 68 heavy (non-hydrogen) atoms. The second-order valence-electron chi connectivity index (χ2n) is 17.6.